The summed E-state index contributed by atoms with van der Waals surface area (Å²) in [7, 11) is 0. The smallest absolute Gasteiger partial charge is 0.0982 e. The molecule has 0 radical (unpaired) electrons. The van der Waals surface area contributed by atoms with E-state index in [2.05, 4.69) is 59.0 Å². The molecule has 5 heteroatoms. The molecular weight excluding hydrogens is 391 g/mol. The lowest BCUT2D eigenvalue weighted by molar-refractivity contribution is 0.583. The summed E-state index contributed by atoms with van der Waals surface area (Å²) in [5.41, 5.74) is 2.30. The summed E-state index contributed by atoms with van der Waals surface area (Å²) in [6.07, 6.45) is 0. The first-order valence-electron chi connectivity index (χ1n) is 6.00. The maximum Gasteiger partial charge on any atom is 0.0982 e. The molecule has 19 heavy (non-hydrogen) atoms. The van der Waals surface area contributed by atoms with Crippen molar-refractivity contribution in [1.29, 1.82) is 0 Å². The largest absolute Gasteiger partial charge is 0.378 e. The van der Waals surface area contributed by atoms with E-state index in [1.54, 1.807) is 11.3 Å². The SMILES string of the molecule is CC(C)(C)c1nc(CNc2ccc(Cl)cc2I)cs1. The monoisotopic (exact) mass is 406 g/mol. The highest BCUT2D eigenvalue weighted by Gasteiger charge is 2.17. The van der Waals surface area contributed by atoms with Crippen LogP contribution in [-0.2, 0) is 12.0 Å². The molecule has 1 aromatic heterocycles. The summed E-state index contributed by atoms with van der Waals surface area (Å²) < 4.78 is 1.12. The average Bonchev–Trinajstić information content (AvgIpc) is 2.76. The maximum absolute atomic E-state index is 5.94. The highest BCUT2D eigenvalue weighted by molar-refractivity contribution is 14.1. The molecule has 2 aromatic rings. The van der Waals surface area contributed by atoms with E-state index in [1.165, 1.54) is 5.01 Å². The lowest BCUT2D eigenvalue weighted by atomic mass is 9.98. The normalized spacial score (nSPS) is 11.6. The van der Waals surface area contributed by atoms with E-state index in [1.807, 2.05) is 18.2 Å². The third kappa shape index (κ3) is 4.07. The van der Waals surface area contributed by atoms with Gasteiger partial charge in [-0.05, 0) is 40.8 Å². The minimum atomic E-state index is 0.123. The van der Waals surface area contributed by atoms with Crippen LogP contribution in [0.4, 0.5) is 5.69 Å². The molecule has 1 aromatic carbocycles. The Morgan fingerprint density at radius 1 is 1.37 bits per heavy atom. The van der Waals surface area contributed by atoms with Gasteiger partial charge in [0, 0.05) is 25.1 Å². The van der Waals surface area contributed by atoms with Gasteiger partial charge in [-0.3, -0.25) is 0 Å². The molecule has 0 spiro atoms. The van der Waals surface area contributed by atoms with Gasteiger partial charge in [-0.25, -0.2) is 4.98 Å². The summed E-state index contributed by atoms with van der Waals surface area (Å²) in [6, 6.07) is 5.85. The predicted molar refractivity (Wildman–Crippen MR) is 92.3 cm³/mol. The van der Waals surface area contributed by atoms with E-state index in [0.717, 1.165) is 26.5 Å². The maximum atomic E-state index is 5.94. The third-order valence-corrected chi connectivity index (χ3v) is 5.03. The molecule has 102 valence electrons. The topological polar surface area (TPSA) is 24.9 Å². The van der Waals surface area contributed by atoms with Crippen molar-refractivity contribution in [3.05, 3.63) is 42.9 Å². The van der Waals surface area contributed by atoms with E-state index < -0.39 is 0 Å². The zero-order valence-corrected chi connectivity index (χ0v) is 14.9. The van der Waals surface area contributed by atoms with E-state index in [-0.39, 0.29) is 5.41 Å². The second-order valence-electron chi connectivity index (χ2n) is 5.37. The predicted octanol–water partition coefficient (Wildman–Crippen LogP) is 5.31. The number of benzene rings is 1. The van der Waals surface area contributed by atoms with Gasteiger partial charge in [-0.15, -0.1) is 11.3 Å². The number of rotatable bonds is 3. The molecule has 0 aliphatic carbocycles. The van der Waals surface area contributed by atoms with Crippen molar-refractivity contribution in [1.82, 2.24) is 4.98 Å². The van der Waals surface area contributed by atoms with Gasteiger partial charge < -0.3 is 5.32 Å². The molecule has 0 fully saturated rings. The van der Waals surface area contributed by atoms with Gasteiger partial charge in [0.2, 0.25) is 0 Å². The summed E-state index contributed by atoms with van der Waals surface area (Å²) in [4.78, 5) is 4.67. The lowest BCUT2D eigenvalue weighted by Gasteiger charge is -2.13. The quantitative estimate of drug-likeness (QED) is 0.699. The van der Waals surface area contributed by atoms with Gasteiger partial charge in [0.1, 0.15) is 0 Å². The van der Waals surface area contributed by atoms with Gasteiger partial charge in [0.05, 0.1) is 17.2 Å². The molecule has 2 nitrogen and oxygen atoms in total. The van der Waals surface area contributed by atoms with E-state index in [0.29, 0.717) is 0 Å². The van der Waals surface area contributed by atoms with Crippen molar-refractivity contribution in [3.8, 4) is 0 Å². The fourth-order valence-corrected chi connectivity index (χ4v) is 3.52. The summed E-state index contributed by atoms with van der Waals surface area (Å²) in [5, 5.41) is 7.46. The fraction of sp³-hybridized carbons (Fsp3) is 0.357. The van der Waals surface area contributed by atoms with Gasteiger partial charge in [-0.1, -0.05) is 32.4 Å². The third-order valence-electron chi connectivity index (χ3n) is 2.58. The number of anilines is 1. The number of hydrogen-bond acceptors (Lipinski definition) is 3. The van der Waals surface area contributed by atoms with Crippen LogP contribution in [0.2, 0.25) is 5.02 Å². The molecule has 0 aliphatic rings. The molecule has 0 atom stereocenters. The van der Waals surface area contributed by atoms with Crippen molar-refractivity contribution in [3.63, 3.8) is 0 Å². The molecule has 1 N–H and O–H groups in total. The Balaban J connectivity index is 2.04. The van der Waals surface area contributed by atoms with Gasteiger partial charge in [0.15, 0.2) is 0 Å². The van der Waals surface area contributed by atoms with Gasteiger partial charge in [-0.2, -0.15) is 0 Å². The molecule has 0 aliphatic heterocycles. The zero-order chi connectivity index (χ0) is 14.0. The lowest BCUT2D eigenvalue weighted by Crippen LogP contribution is -2.11. The zero-order valence-electron chi connectivity index (χ0n) is 11.1. The van der Waals surface area contributed by atoms with E-state index in [4.69, 9.17) is 11.6 Å². The number of aromatic nitrogens is 1. The Kier molecular flexibility index (Phi) is 4.74. The molecule has 0 amide bonds. The first-order chi connectivity index (χ1) is 8.86. The summed E-state index contributed by atoms with van der Waals surface area (Å²) >= 11 is 9.95. The first kappa shape index (κ1) is 15.1. The number of halogens is 2. The standard InChI is InChI=1S/C14H16ClIN2S/c1-14(2,3)13-18-10(8-19-13)7-17-12-5-4-9(15)6-11(12)16/h4-6,8,17H,7H2,1-3H3. The van der Waals surface area contributed by atoms with Crippen LogP contribution in [0.1, 0.15) is 31.5 Å². The molecule has 0 unspecified atom stereocenters. The van der Waals surface area contributed by atoms with E-state index in [9.17, 15) is 0 Å². The highest BCUT2D eigenvalue weighted by Crippen LogP contribution is 2.26. The van der Waals surface area contributed by atoms with E-state index >= 15 is 0 Å². The second-order valence-corrected chi connectivity index (χ2v) is 7.83. The second kappa shape index (κ2) is 5.97. The first-order valence-corrected chi connectivity index (χ1v) is 8.34. The molecule has 2 rings (SSSR count). The fourth-order valence-electron chi connectivity index (χ4n) is 1.55. The van der Waals surface area contributed by atoms with Crippen LogP contribution in [0.5, 0.6) is 0 Å². The van der Waals surface area contributed by atoms with Gasteiger partial charge >= 0.3 is 0 Å². The molecule has 0 saturated heterocycles. The Morgan fingerprint density at radius 2 is 2.11 bits per heavy atom. The van der Waals surface area contributed by atoms with Crippen LogP contribution >= 0.6 is 45.5 Å². The number of nitrogens with one attached hydrogen (secondary N) is 1. The molecule has 1 heterocycles. The summed E-state index contributed by atoms with van der Waals surface area (Å²) in [5.74, 6) is 0. The van der Waals surface area contributed by atoms with Crippen molar-refractivity contribution < 1.29 is 0 Å². The van der Waals surface area contributed by atoms with Crippen molar-refractivity contribution in [2.45, 2.75) is 32.7 Å². The van der Waals surface area contributed by atoms with Crippen molar-refractivity contribution >= 4 is 51.2 Å². The van der Waals surface area contributed by atoms with Crippen LogP contribution in [0.15, 0.2) is 23.6 Å². The number of nitrogens with zero attached hydrogens (tertiary/aromatic N) is 1. The average molecular weight is 407 g/mol. The summed E-state index contributed by atoms with van der Waals surface area (Å²) in [6.45, 7) is 7.30. The molecular formula is C14H16ClIN2S. The van der Waals surface area contributed by atoms with Crippen LogP contribution in [-0.4, -0.2) is 4.98 Å². The Hall–Kier alpha value is -0.330. The van der Waals surface area contributed by atoms with Crippen LogP contribution < -0.4 is 5.32 Å². The van der Waals surface area contributed by atoms with Crippen molar-refractivity contribution in [2.24, 2.45) is 0 Å². The Bertz CT molecular complexity index is 575. The van der Waals surface area contributed by atoms with Crippen LogP contribution in [0, 0.1) is 3.57 Å². The minimum absolute atomic E-state index is 0.123. The Morgan fingerprint density at radius 3 is 2.68 bits per heavy atom. The minimum Gasteiger partial charge on any atom is -0.378 e. The number of hydrogen-bond donors (Lipinski definition) is 1. The van der Waals surface area contributed by atoms with Crippen LogP contribution in [0.3, 0.4) is 0 Å². The van der Waals surface area contributed by atoms with Crippen molar-refractivity contribution in [2.75, 3.05) is 5.32 Å². The Labute approximate surface area is 136 Å². The molecule has 0 bridgehead atoms. The number of thiazole rings is 1. The van der Waals surface area contributed by atoms with Gasteiger partial charge in [0.25, 0.3) is 0 Å². The highest BCUT2D eigenvalue weighted by atomic mass is 127. The molecule has 0 saturated carbocycles. The van der Waals surface area contributed by atoms with Crippen LogP contribution in [0.25, 0.3) is 0 Å².